The van der Waals surface area contributed by atoms with Crippen LogP contribution in [-0.2, 0) is 33.4 Å². The van der Waals surface area contributed by atoms with E-state index >= 15 is 0 Å². The summed E-state index contributed by atoms with van der Waals surface area (Å²) in [6.07, 6.45) is 12.0. The third-order valence-electron chi connectivity index (χ3n) is 5.00. The lowest BCUT2D eigenvalue weighted by Crippen LogP contribution is -2.19. The van der Waals surface area contributed by atoms with Crippen molar-refractivity contribution < 1.29 is 33.4 Å². The number of carbonyl (C=O) groups excluding carboxylic acids is 4. The maximum Gasteiger partial charge on any atom is 0.341 e. The zero-order chi connectivity index (χ0) is 24.9. The minimum atomic E-state index is -1.04. The lowest BCUT2D eigenvalue weighted by molar-refractivity contribution is -0.156. The predicted molar refractivity (Wildman–Crippen MR) is 127 cm³/mol. The highest BCUT2D eigenvalue weighted by atomic mass is 16.6. The van der Waals surface area contributed by atoms with Crippen LogP contribution < -0.4 is 0 Å². The monoisotopic (exact) mass is 466 g/mol. The molecule has 0 spiro atoms. The van der Waals surface area contributed by atoms with Gasteiger partial charge in [0.2, 0.25) is 0 Å². The van der Waals surface area contributed by atoms with Crippen LogP contribution in [0, 0.1) is 0 Å². The molecule has 7 nitrogen and oxygen atoms in total. The van der Waals surface area contributed by atoms with Crippen molar-refractivity contribution in [3.05, 3.63) is 24.3 Å². The second-order valence-corrected chi connectivity index (χ2v) is 8.21. The average Bonchev–Trinajstić information content (AvgIpc) is 2.77. The van der Waals surface area contributed by atoms with Crippen molar-refractivity contribution in [3.8, 4) is 0 Å². The molecule has 0 aromatic heterocycles. The number of carbonyl (C=O) groups is 4. The van der Waals surface area contributed by atoms with E-state index in [1.807, 2.05) is 0 Å². The molecule has 0 heterocycles. The highest BCUT2D eigenvalue weighted by Crippen LogP contribution is 2.10. The minimum absolute atomic E-state index is 0.199. The molecule has 0 saturated heterocycles. The van der Waals surface area contributed by atoms with E-state index < -0.39 is 23.9 Å². The summed E-state index contributed by atoms with van der Waals surface area (Å²) in [5.74, 6) is -3.29. The Bertz CT molecular complexity index is 583. The number of ether oxygens (including phenoxy) is 3. The van der Waals surface area contributed by atoms with Gasteiger partial charge in [-0.2, -0.15) is 0 Å². The Labute approximate surface area is 198 Å². The van der Waals surface area contributed by atoms with Gasteiger partial charge in [-0.3, -0.25) is 9.59 Å². The van der Waals surface area contributed by atoms with Gasteiger partial charge >= 0.3 is 23.9 Å². The van der Waals surface area contributed by atoms with Crippen molar-refractivity contribution in [1.29, 1.82) is 0 Å². The fourth-order valence-corrected chi connectivity index (χ4v) is 2.96. The maximum atomic E-state index is 12.0. The molecule has 0 N–H and O–H groups in total. The summed E-state index contributed by atoms with van der Waals surface area (Å²) in [4.78, 5) is 47.5. The molecule has 0 aliphatic carbocycles. The molecule has 0 fully saturated rings. The zero-order valence-corrected chi connectivity index (χ0v) is 20.6. The van der Waals surface area contributed by atoms with Crippen molar-refractivity contribution in [1.82, 2.24) is 0 Å². The molecule has 0 aliphatic heterocycles. The van der Waals surface area contributed by atoms with Crippen LogP contribution in [0.1, 0.15) is 104 Å². The van der Waals surface area contributed by atoms with Gasteiger partial charge in [-0.15, -0.1) is 0 Å². The summed E-state index contributed by atoms with van der Waals surface area (Å²) in [6.45, 7) is 11.8. The first kappa shape index (κ1) is 30.6. The van der Waals surface area contributed by atoms with E-state index in [2.05, 4.69) is 31.7 Å². The van der Waals surface area contributed by atoms with E-state index in [9.17, 15) is 19.2 Å². The van der Waals surface area contributed by atoms with Gasteiger partial charge in [0.15, 0.2) is 0 Å². The van der Waals surface area contributed by atoms with E-state index in [0.717, 1.165) is 38.5 Å². The topological polar surface area (TPSA) is 96.0 Å². The van der Waals surface area contributed by atoms with Crippen LogP contribution in [0.15, 0.2) is 24.3 Å². The molecule has 188 valence electrons. The number of hydrogen-bond acceptors (Lipinski definition) is 7. The summed E-state index contributed by atoms with van der Waals surface area (Å²) < 4.78 is 14.8. The molecular formula is C26H42O7. The summed E-state index contributed by atoms with van der Waals surface area (Å²) in [5.41, 5.74) is -0.399. The maximum absolute atomic E-state index is 12.0. The third-order valence-corrected chi connectivity index (χ3v) is 5.00. The van der Waals surface area contributed by atoms with Gasteiger partial charge < -0.3 is 14.2 Å². The highest BCUT2D eigenvalue weighted by molar-refractivity contribution is 6.04. The van der Waals surface area contributed by atoms with E-state index in [-0.39, 0.29) is 37.2 Å². The predicted octanol–water partition coefficient (Wildman–Crippen LogP) is 5.76. The Morgan fingerprint density at radius 1 is 0.545 bits per heavy atom. The van der Waals surface area contributed by atoms with Crippen molar-refractivity contribution >= 4 is 23.9 Å². The molecular weight excluding hydrogens is 424 g/mol. The van der Waals surface area contributed by atoms with Gasteiger partial charge in [0, 0.05) is 11.1 Å². The first-order valence-corrected chi connectivity index (χ1v) is 12.2. The minimum Gasteiger partial charge on any atom is -0.465 e. The Balaban J connectivity index is 4.01. The van der Waals surface area contributed by atoms with Crippen LogP contribution in [0.3, 0.4) is 0 Å². The van der Waals surface area contributed by atoms with E-state index in [1.54, 1.807) is 0 Å². The first-order chi connectivity index (χ1) is 15.8. The number of hydrogen-bond donors (Lipinski definition) is 0. The molecule has 33 heavy (non-hydrogen) atoms. The molecule has 0 radical (unpaired) electrons. The summed E-state index contributed by atoms with van der Waals surface area (Å²) in [7, 11) is 0. The van der Waals surface area contributed by atoms with Crippen LogP contribution in [0.4, 0.5) is 0 Å². The SMILES string of the molecule is C=C(CC(=O)OCCCCCCCC)C(=O)OC(=O)C(=C)CC(=O)OCCCCCCCC. The zero-order valence-electron chi connectivity index (χ0n) is 20.6. The molecule has 0 amide bonds. The van der Waals surface area contributed by atoms with Gasteiger partial charge in [-0.25, -0.2) is 9.59 Å². The van der Waals surface area contributed by atoms with Crippen molar-refractivity contribution in [2.75, 3.05) is 13.2 Å². The van der Waals surface area contributed by atoms with Crippen LogP contribution in [-0.4, -0.2) is 37.1 Å². The van der Waals surface area contributed by atoms with Crippen LogP contribution in [0.2, 0.25) is 0 Å². The van der Waals surface area contributed by atoms with E-state index in [4.69, 9.17) is 9.47 Å². The van der Waals surface area contributed by atoms with Crippen LogP contribution >= 0.6 is 0 Å². The Morgan fingerprint density at radius 3 is 1.24 bits per heavy atom. The normalized spacial score (nSPS) is 10.4. The second kappa shape index (κ2) is 20.2. The first-order valence-electron chi connectivity index (χ1n) is 12.2. The average molecular weight is 467 g/mol. The molecule has 0 aromatic carbocycles. The lowest BCUT2D eigenvalue weighted by Gasteiger charge is -2.08. The quantitative estimate of drug-likeness (QED) is 0.0740. The summed E-state index contributed by atoms with van der Waals surface area (Å²) in [5, 5.41) is 0. The second-order valence-electron chi connectivity index (χ2n) is 8.21. The van der Waals surface area contributed by atoms with Crippen molar-refractivity contribution in [2.24, 2.45) is 0 Å². The fraction of sp³-hybridized carbons (Fsp3) is 0.692. The smallest absolute Gasteiger partial charge is 0.341 e. The molecule has 0 saturated carbocycles. The van der Waals surface area contributed by atoms with Gasteiger partial charge in [0.25, 0.3) is 0 Å². The number of esters is 4. The Hall–Kier alpha value is -2.44. The standard InChI is InChI=1S/C26H42O7/c1-5-7-9-11-13-15-17-31-23(27)19-21(3)25(29)33-26(30)22(4)20-24(28)32-18-16-14-12-10-8-6-2/h3-20H2,1-2H3. The van der Waals surface area contributed by atoms with Gasteiger partial charge in [0.05, 0.1) is 26.1 Å². The molecule has 0 aliphatic rings. The van der Waals surface area contributed by atoms with E-state index in [0.29, 0.717) is 0 Å². The van der Waals surface area contributed by atoms with Gasteiger partial charge in [0.1, 0.15) is 0 Å². The lowest BCUT2D eigenvalue weighted by atomic mass is 10.1. The summed E-state index contributed by atoms with van der Waals surface area (Å²) in [6, 6.07) is 0. The largest absolute Gasteiger partial charge is 0.465 e. The van der Waals surface area contributed by atoms with Gasteiger partial charge in [-0.05, 0) is 12.8 Å². The molecule has 0 bridgehead atoms. The van der Waals surface area contributed by atoms with Crippen LogP contribution in [0.5, 0.6) is 0 Å². The van der Waals surface area contributed by atoms with E-state index in [1.165, 1.54) is 38.5 Å². The molecule has 0 rings (SSSR count). The van der Waals surface area contributed by atoms with Crippen molar-refractivity contribution in [3.63, 3.8) is 0 Å². The fourth-order valence-electron chi connectivity index (χ4n) is 2.96. The number of unbranched alkanes of at least 4 members (excludes halogenated alkanes) is 10. The Morgan fingerprint density at radius 2 is 0.879 bits per heavy atom. The molecule has 0 aromatic rings. The molecule has 0 unspecified atom stereocenters. The van der Waals surface area contributed by atoms with Crippen molar-refractivity contribution in [2.45, 2.75) is 104 Å². The number of rotatable bonds is 20. The summed E-state index contributed by atoms with van der Waals surface area (Å²) >= 11 is 0. The molecule has 7 heteroatoms. The third kappa shape index (κ3) is 17.8. The Kier molecular flexibility index (Phi) is 18.7. The van der Waals surface area contributed by atoms with Gasteiger partial charge in [-0.1, -0.05) is 91.2 Å². The molecule has 0 atom stereocenters. The van der Waals surface area contributed by atoms with Crippen LogP contribution in [0.25, 0.3) is 0 Å². The highest BCUT2D eigenvalue weighted by Gasteiger charge is 2.21.